The first-order chi connectivity index (χ1) is 11.7. The Kier molecular flexibility index (Phi) is 7.75. The summed E-state index contributed by atoms with van der Waals surface area (Å²) < 4.78 is 1.91. The second kappa shape index (κ2) is 9.80. The topological polar surface area (TPSA) is 59.0 Å². The number of nitrogens with zero attached hydrogens (tertiary/aromatic N) is 2. The first-order valence-electron chi connectivity index (χ1n) is 8.47. The van der Waals surface area contributed by atoms with E-state index in [1.165, 1.54) is 0 Å². The van der Waals surface area contributed by atoms with Crippen molar-refractivity contribution in [3.63, 3.8) is 0 Å². The minimum Gasteiger partial charge on any atom is -0.317 e. The van der Waals surface area contributed by atoms with Crippen molar-refractivity contribution in [2.75, 3.05) is 18.4 Å². The lowest BCUT2D eigenvalue weighted by molar-refractivity contribution is -0.116. The van der Waals surface area contributed by atoms with Crippen molar-refractivity contribution in [2.24, 2.45) is 5.92 Å². The molecule has 0 saturated carbocycles. The molecule has 0 spiro atoms. The van der Waals surface area contributed by atoms with Gasteiger partial charge in [-0.2, -0.15) is 0 Å². The van der Waals surface area contributed by atoms with Crippen molar-refractivity contribution in [2.45, 2.75) is 32.2 Å². The van der Waals surface area contributed by atoms with E-state index in [0.29, 0.717) is 24.8 Å². The molecule has 1 fully saturated rings. The van der Waals surface area contributed by atoms with E-state index in [9.17, 15) is 4.79 Å². The van der Waals surface area contributed by atoms with E-state index in [1.54, 1.807) is 6.20 Å². The average molecular weight is 383 g/mol. The van der Waals surface area contributed by atoms with Gasteiger partial charge in [0, 0.05) is 23.8 Å². The first kappa shape index (κ1) is 19.8. The summed E-state index contributed by atoms with van der Waals surface area (Å²) in [4.78, 5) is 16.5. The van der Waals surface area contributed by atoms with Gasteiger partial charge < -0.3 is 9.88 Å². The Morgan fingerprint density at radius 2 is 2.08 bits per heavy atom. The molecule has 1 saturated heterocycles. The maximum absolute atomic E-state index is 12.2. The van der Waals surface area contributed by atoms with Crippen LogP contribution in [0.3, 0.4) is 0 Å². The van der Waals surface area contributed by atoms with Crippen molar-refractivity contribution in [1.82, 2.24) is 14.9 Å². The van der Waals surface area contributed by atoms with Crippen LogP contribution >= 0.6 is 24.0 Å². The van der Waals surface area contributed by atoms with Crippen LogP contribution in [0.5, 0.6) is 0 Å². The van der Waals surface area contributed by atoms with Crippen LogP contribution in [0.4, 0.5) is 5.95 Å². The Morgan fingerprint density at radius 1 is 1.32 bits per heavy atom. The van der Waals surface area contributed by atoms with Crippen LogP contribution in [0.25, 0.3) is 0 Å². The van der Waals surface area contributed by atoms with Gasteiger partial charge in [-0.3, -0.25) is 10.1 Å². The fourth-order valence-corrected chi connectivity index (χ4v) is 3.26. The van der Waals surface area contributed by atoms with Gasteiger partial charge in [0.2, 0.25) is 11.9 Å². The Bertz CT molecular complexity index is 683. The second-order valence-electron chi connectivity index (χ2n) is 6.25. The number of imidazole rings is 1. The molecule has 25 heavy (non-hydrogen) atoms. The molecular formula is C18H24Cl2N4O. The van der Waals surface area contributed by atoms with Gasteiger partial charge in [-0.1, -0.05) is 29.8 Å². The number of hydrogen-bond donors (Lipinski definition) is 2. The van der Waals surface area contributed by atoms with E-state index in [-0.39, 0.29) is 18.3 Å². The largest absolute Gasteiger partial charge is 0.317 e. The number of amides is 1. The quantitative estimate of drug-likeness (QED) is 0.799. The van der Waals surface area contributed by atoms with E-state index in [0.717, 1.165) is 42.9 Å². The molecule has 1 aromatic carbocycles. The molecule has 1 amide bonds. The smallest absolute Gasteiger partial charge is 0.226 e. The molecule has 2 heterocycles. The minimum absolute atomic E-state index is 0. The summed E-state index contributed by atoms with van der Waals surface area (Å²) in [6, 6.07) is 7.70. The molecule has 2 aromatic rings. The maximum atomic E-state index is 12.2. The highest BCUT2D eigenvalue weighted by Gasteiger charge is 2.15. The molecule has 1 aromatic heterocycles. The van der Waals surface area contributed by atoms with Crippen LogP contribution < -0.4 is 10.6 Å². The molecule has 1 aliphatic heterocycles. The van der Waals surface area contributed by atoms with E-state index in [2.05, 4.69) is 15.6 Å². The Hall–Kier alpha value is -1.56. The molecule has 0 aliphatic carbocycles. The summed E-state index contributed by atoms with van der Waals surface area (Å²) in [5, 5.41) is 6.99. The van der Waals surface area contributed by atoms with Gasteiger partial charge in [0.15, 0.2) is 0 Å². The maximum Gasteiger partial charge on any atom is 0.226 e. The molecule has 0 bridgehead atoms. The Balaban J connectivity index is 0.00000225. The predicted octanol–water partition coefficient (Wildman–Crippen LogP) is 3.72. The van der Waals surface area contributed by atoms with Crippen LogP contribution in [-0.2, 0) is 11.3 Å². The number of nitrogens with one attached hydrogen (secondary N) is 2. The van der Waals surface area contributed by atoms with Gasteiger partial charge >= 0.3 is 0 Å². The van der Waals surface area contributed by atoms with Crippen molar-refractivity contribution < 1.29 is 4.79 Å². The molecular weight excluding hydrogens is 359 g/mol. The summed E-state index contributed by atoms with van der Waals surface area (Å²) in [7, 11) is 0. The van der Waals surface area contributed by atoms with Crippen LogP contribution in [-0.4, -0.2) is 28.5 Å². The zero-order chi connectivity index (χ0) is 16.8. The third-order valence-electron chi connectivity index (χ3n) is 4.50. The number of aromatic nitrogens is 2. The van der Waals surface area contributed by atoms with Crippen LogP contribution in [0.1, 0.15) is 31.2 Å². The van der Waals surface area contributed by atoms with Gasteiger partial charge in [0.1, 0.15) is 0 Å². The highest BCUT2D eigenvalue weighted by atomic mass is 35.5. The van der Waals surface area contributed by atoms with Crippen LogP contribution in [0.15, 0.2) is 36.7 Å². The molecule has 5 nitrogen and oxygen atoms in total. The van der Waals surface area contributed by atoms with E-state index >= 15 is 0 Å². The molecule has 0 atom stereocenters. The molecule has 3 rings (SSSR count). The summed E-state index contributed by atoms with van der Waals surface area (Å²) in [6.07, 6.45) is 7.36. The monoisotopic (exact) mass is 382 g/mol. The van der Waals surface area contributed by atoms with Crippen LogP contribution in [0.2, 0.25) is 5.02 Å². The van der Waals surface area contributed by atoms with Crippen molar-refractivity contribution in [1.29, 1.82) is 0 Å². The van der Waals surface area contributed by atoms with Gasteiger partial charge in [-0.15, -0.1) is 12.4 Å². The highest BCUT2D eigenvalue weighted by molar-refractivity contribution is 6.31. The minimum atomic E-state index is 0. The number of halogens is 2. The summed E-state index contributed by atoms with van der Waals surface area (Å²) in [5.74, 6) is 1.25. The Labute approximate surface area is 159 Å². The zero-order valence-electron chi connectivity index (χ0n) is 14.1. The third kappa shape index (κ3) is 5.73. The number of anilines is 1. The summed E-state index contributed by atoms with van der Waals surface area (Å²) in [6.45, 7) is 2.71. The number of benzene rings is 1. The summed E-state index contributed by atoms with van der Waals surface area (Å²) in [5.41, 5.74) is 1.00. The lowest BCUT2D eigenvalue weighted by atomic mass is 9.93. The molecule has 0 radical (unpaired) electrons. The molecule has 1 aliphatic rings. The van der Waals surface area contributed by atoms with Gasteiger partial charge in [0.25, 0.3) is 0 Å². The number of piperidine rings is 1. The summed E-state index contributed by atoms with van der Waals surface area (Å²) >= 11 is 6.21. The first-order valence-corrected chi connectivity index (χ1v) is 8.85. The van der Waals surface area contributed by atoms with Gasteiger partial charge in [0.05, 0.1) is 6.54 Å². The number of hydrogen-bond acceptors (Lipinski definition) is 3. The molecule has 0 unspecified atom stereocenters. The molecule has 7 heteroatoms. The number of carbonyl (C=O) groups is 1. The van der Waals surface area contributed by atoms with E-state index < -0.39 is 0 Å². The lowest BCUT2D eigenvalue weighted by Crippen LogP contribution is -2.28. The molecule has 2 N–H and O–H groups in total. The van der Waals surface area contributed by atoms with Crippen molar-refractivity contribution in [3.8, 4) is 0 Å². The average Bonchev–Trinajstić information content (AvgIpc) is 3.03. The van der Waals surface area contributed by atoms with Crippen molar-refractivity contribution >= 4 is 35.9 Å². The van der Waals surface area contributed by atoms with Crippen LogP contribution in [0, 0.1) is 5.92 Å². The van der Waals surface area contributed by atoms with Crippen molar-refractivity contribution in [3.05, 3.63) is 47.2 Å². The SMILES string of the molecule is Cl.O=C(CCC1CCNCC1)Nc1nccn1Cc1ccccc1Cl. The van der Waals surface area contributed by atoms with E-state index in [1.807, 2.05) is 35.0 Å². The number of rotatable bonds is 6. The number of carbonyl (C=O) groups excluding carboxylic acids is 1. The normalized spacial score (nSPS) is 14.8. The predicted molar refractivity (Wildman–Crippen MR) is 103 cm³/mol. The molecule has 136 valence electrons. The highest BCUT2D eigenvalue weighted by Crippen LogP contribution is 2.20. The van der Waals surface area contributed by atoms with Gasteiger partial charge in [-0.25, -0.2) is 4.98 Å². The van der Waals surface area contributed by atoms with E-state index in [4.69, 9.17) is 11.6 Å². The zero-order valence-corrected chi connectivity index (χ0v) is 15.7. The standard InChI is InChI=1S/C18H23ClN4O.ClH/c19-16-4-2-1-3-15(16)13-23-12-11-21-18(23)22-17(24)6-5-14-7-9-20-10-8-14;/h1-4,11-12,14,20H,5-10,13H2,(H,21,22,24);1H. The second-order valence-corrected chi connectivity index (χ2v) is 6.66. The van der Waals surface area contributed by atoms with Gasteiger partial charge in [-0.05, 0) is 49.9 Å². The third-order valence-corrected chi connectivity index (χ3v) is 4.87. The Morgan fingerprint density at radius 3 is 2.84 bits per heavy atom. The fourth-order valence-electron chi connectivity index (χ4n) is 3.06. The lowest BCUT2D eigenvalue weighted by Gasteiger charge is -2.22. The fraction of sp³-hybridized carbons (Fsp3) is 0.444.